The van der Waals surface area contributed by atoms with Crippen LogP contribution in [0.25, 0.3) is 20.2 Å². The third-order valence-corrected chi connectivity index (χ3v) is 15.5. The van der Waals surface area contributed by atoms with E-state index in [0.717, 1.165) is 0 Å². The number of fused-ring (bicyclic) bond motifs is 2. The van der Waals surface area contributed by atoms with Crippen molar-refractivity contribution in [3.05, 3.63) is 57.5 Å². The first-order valence-electron chi connectivity index (χ1n) is 7.35. The van der Waals surface area contributed by atoms with E-state index in [1.807, 2.05) is 22.7 Å². The van der Waals surface area contributed by atoms with Gasteiger partial charge in [-0.05, 0) is 44.0 Å². The molecule has 2 heterocycles. The zero-order chi connectivity index (χ0) is 16.2. The topological polar surface area (TPSA) is 0 Å². The van der Waals surface area contributed by atoms with Gasteiger partial charge in [0.05, 0.1) is 0 Å². The maximum atomic E-state index is 3.89. The molecule has 4 aromatic rings. The highest BCUT2D eigenvalue weighted by Crippen LogP contribution is 2.35. The SMILES string of the molecule is C[Si](C)(c1sc2ccccc2c1Br)c1sc2ccccc2c1Br. The predicted molar refractivity (Wildman–Crippen MR) is 116 cm³/mol. The summed E-state index contributed by atoms with van der Waals surface area (Å²) in [7, 11) is -1.77. The minimum atomic E-state index is -1.77. The second-order valence-corrected chi connectivity index (χ2v) is 14.8. The Labute approximate surface area is 161 Å². The van der Waals surface area contributed by atoms with Gasteiger partial charge in [-0.2, -0.15) is 0 Å². The maximum Gasteiger partial charge on any atom is 0.140 e. The van der Waals surface area contributed by atoms with Gasteiger partial charge in [-0.25, -0.2) is 0 Å². The van der Waals surface area contributed by atoms with Crippen LogP contribution in [0, 0.1) is 0 Å². The van der Waals surface area contributed by atoms with Gasteiger partial charge >= 0.3 is 0 Å². The van der Waals surface area contributed by atoms with Crippen LogP contribution < -0.4 is 9.00 Å². The van der Waals surface area contributed by atoms with Gasteiger partial charge in [0.1, 0.15) is 8.07 Å². The van der Waals surface area contributed by atoms with Crippen LogP contribution in [0.15, 0.2) is 57.5 Å². The summed E-state index contributed by atoms with van der Waals surface area (Å²) >= 11 is 11.7. The van der Waals surface area contributed by atoms with Crippen LogP contribution >= 0.6 is 54.5 Å². The van der Waals surface area contributed by atoms with Gasteiger partial charge in [-0.1, -0.05) is 49.5 Å². The molecule has 0 spiro atoms. The average molecular weight is 482 g/mol. The summed E-state index contributed by atoms with van der Waals surface area (Å²) in [5, 5.41) is 2.68. The second-order valence-electron chi connectivity index (χ2n) is 6.11. The highest BCUT2D eigenvalue weighted by Gasteiger charge is 2.35. The monoisotopic (exact) mass is 480 g/mol. The molecule has 0 aliphatic heterocycles. The number of rotatable bonds is 2. The minimum absolute atomic E-state index is 1.29. The molecule has 0 fully saturated rings. The molecule has 2 aromatic heterocycles. The maximum absolute atomic E-state index is 3.89. The zero-order valence-electron chi connectivity index (χ0n) is 12.7. The van der Waals surface area contributed by atoms with Crippen molar-refractivity contribution in [1.82, 2.24) is 0 Å². The number of halogens is 2. The molecule has 23 heavy (non-hydrogen) atoms. The van der Waals surface area contributed by atoms with Crippen molar-refractivity contribution in [2.24, 2.45) is 0 Å². The molecule has 0 unspecified atom stereocenters. The van der Waals surface area contributed by atoms with Gasteiger partial charge in [-0.15, -0.1) is 22.7 Å². The standard InChI is InChI=1S/C18H14Br2S2Si/c1-23(2,17-15(19)11-7-3-5-9-13(11)21-17)18-16(20)12-8-4-6-10-14(12)22-18/h3-10H,1-2H3. The molecule has 0 atom stereocenters. The Balaban J connectivity index is 1.97. The third-order valence-electron chi connectivity index (χ3n) is 4.21. The van der Waals surface area contributed by atoms with Crippen LogP contribution in [0.5, 0.6) is 0 Å². The first-order chi connectivity index (χ1) is 11.0. The smallest absolute Gasteiger partial charge is 0.140 e. The Morgan fingerprint density at radius 2 is 1.09 bits per heavy atom. The summed E-state index contributed by atoms with van der Waals surface area (Å²) in [5.41, 5.74) is 0. The van der Waals surface area contributed by atoms with Crippen molar-refractivity contribution in [2.75, 3.05) is 0 Å². The summed E-state index contributed by atoms with van der Waals surface area (Å²) in [6.07, 6.45) is 0. The Morgan fingerprint density at radius 3 is 1.48 bits per heavy atom. The number of hydrogen-bond acceptors (Lipinski definition) is 2. The van der Waals surface area contributed by atoms with Crippen molar-refractivity contribution in [2.45, 2.75) is 13.1 Å². The van der Waals surface area contributed by atoms with E-state index in [4.69, 9.17) is 0 Å². The fourth-order valence-electron chi connectivity index (χ4n) is 2.94. The Kier molecular flexibility index (Phi) is 4.05. The average Bonchev–Trinajstić information content (AvgIpc) is 3.07. The molecule has 0 nitrogen and oxygen atoms in total. The summed E-state index contributed by atoms with van der Waals surface area (Å²) in [6, 6.07) is 17.4. The van der Waals surface area contributed by atoms with E-state index in [0.29, 0.717) is 0 Å². The van der Waals surface area contributed by atoms with E-state index < -0.39 is 8.07 Å². The van der Waals surface area contributed by atoms with E-state index in [9.17, 15) is 0 Å². The van der Waals surface area contributed by atoms with Crippen LogP contribution in [0.2, 0.25) is 13.1 Å². The lowest BCUT2D eigenvalue weighted by atomic mass is 10.3. The Bertz CT molecular complexity index is 948. The van der Waals surface area contributed by atoms with Gasteiger partial charge in [0, 0.05) is 38.1 Å². The fraction of sp³-hybridized carbons (Fsp3) is 0.111. The molecule has 5 heteroatoms. The molecule has 0 saturated carbocycles. The quantitative estimate of drug-likeness (QED) is 0.288. The molecule has 116 valence electrons. The van der Waals surface area contributed by atoms with E-state index >= 15 is 0 Å². The lowest BCUT2D eigenvalue weighted by Crippen LogP contribution is -2.51. The summed E-state index contributed by atoms with van der Waals surface area (Å²) < 4.78 is 8.36. The number of hydrogen-bond donors (Lipinski definition) is 0. The molecule has 2 aromatic carbocycles. The molecule has 4 rings (SSSR count). The lowest BCUT2D eigenvalue weighted by molar-refractivity contribution is 1.80. The molecule has 0 saturated heterocycles. The summed E-state index contributed by atoms with van der Waals surface area (Å²) in [5.74, 6) is 0. The zero-order valence-corrected chi connectivity index (χ0v) is 18.5. The van der Waals surface area contributed by atoms with Gasteiger partial charge in [-0.3, -0.25) is 0 Å². The highest BCUT2D eigenvalue weighted by molar-refractivity contribution is 9.11. The predicted octanol–water partition coefficient (Wildman–Crippen LogP) is 6.46. The lowest BCUT2D eigenvalue weighted by Gasteiger charge is -2.21. The first kappa shape index (κ1) is 16.0. The van der Waals surface area contributed by atoms with Crippen LogP contribution in [0.3, 0.4) is 0 Å². The number of benzene rings is 2. The molecule has 0 aliphatic carbocycles. The number of thiophene rings is 2. The van der Waals surface area contributed by atoms with Crippen molar-refractivity contribution >= 4 is 91.8 Å². The summed E-state index contributed by atoms with van der Waals surface area (Å²) in [6.45, 7) is 4.91. The molecule has 0 N–H and O–H groups in total. The van der Waals surface area contributed by atoms with Gasteiger partial charge in [0.25, 0.3) is 0 Å². The summed E-state index contributed by atoms with van der Waals surface area (Å²) in [4.78, 5) is 0. The third kappa shape index (κ3) is 2.48. The van der Waals surface area contributed by atoms with Gasteiger partial charge < -0.3 is 0 Å². The van der Waals surface area contributed by atoms with Crippen LogP contribution in [0.1, 0.15) is 0 Å². The van der Waals surface area contributed by atoms with Crippen molar-refractivity contribution in [3.8, 4) is 0 Å². The normalized spacial score (nSPS) is 12.3. The van der Waals surface area contributed by atoms with E-state index in [-0.39, 0.29) is 0 Å². The highest BCUT2D eigenvalue weighted by atomic mass is 79.9. The second kappa shape index (κ2) is 5.81. The molecular formula is C18H14Br2S2Si. The van der Waals surface area contributed by atoms with Crippen molar-refractivity contribution in [1.29, 1.82) is 0 Å². The van der Waals surface area contributed by atoms with Crippen molar-refractivity contribution in [3.63, 3.8) is 0 Å². The van der Waals surface area contributed by atoms with Crippen LogP contribution in [0.4, 0.5) is 0 Å². The molecule has 0 radical (unpaired) electrons. The van der Waals surface area contributed by atoms with E-state index in [1.54, 1.807) is 0 Å². The molecular weight excluding hydrogens is 468 g/mol. The Morgan fingerprint density at radius 1 is 0.696 bits per heavy atom. The van der Waals surface area contributed by atoms with Crippen LogP contribution in [-0.4, -0.2) is 8.07 Å². The van der Waals surface area contributed by atoms with Gasteiger partial charge in [0.2, 0.25) is 0 Å². The fourth-order valence-corrected chi connectivity index (χ4v) is 14.1. The largest absolute Gasteiger partial charge is 0.143 e. The van der Waals surface area contributed by atoms with Crippen molar-refractivity contribution < 1.29 is 0 Å². The first-order valence-corrected chi connectivity index (χ1v) is 13.6. The molecule has 0 amide bonds. The van der Waals surface area contributed by atoms with E-state index in [1.165, 1.54) is 38.1 Å². The van der Waals surface area contributed by atoms with Gasteiger partial charge in [0.15, 0.2) is 0 Å². The molecule has 0 bridgehead atoms. The minimum Gasteiger partial charge on any atom is -0.143 e. The Hall–Kier alpha value is -0.463. The van der Waals surface area contributed by atoms with Crippen LogP contribution in [-0.2, 0) is 0 Å². The molecule has 0 aliphatic rings. The van der Waals surface area contributed by atoms with E-state index in [2.05, 4.69) is 93.5 Å².